The standard InChI is InChI=1S/C24H27NO4S2/c1-13-6-7-15(23-21(27)20(26)22(28)24(29-23)30-2)10-16(13)12-18-8-9-19(31-18)14-4-3-5-17(25)11-14/h3-11,20-24,26-28H,12,25H2,1-2H3. The molecule has 3 aromatic rings. The largest absolute Gasteiger partial charge is 0.399 e. The van der Waals surface area contributed by atoms with Crippen LogP contribution in [0.1, 0.15) is 27.7 Å². The highest BCUT2D eigenvalue weighted by Gasteiger charge is 2.44. The van der Waals surface area contributed by atoms with E-state index in [0.717, 1.165) is 34.4 Å². The fourth-order valence-electron chi connectivity index (χ4n) is 3.88. The highest BCUT2D eigenvalue weighted by atomic mass is 32.2. The van der Waals surface area contributed by atoms with Crippen LogP contribution < -0.4 is 5.73 Å². The van der Waals surface area contributed by atoms with Gasteiger partial charge in [0.15, 0.2) is 0 Å². The molecule has 31 heavy (non-hydrogen) atoms. The summed E-state index contributed by atoms with van der Waals surface area (Å²) in [5.74, 6) is 0. The van der Waals surface area contributed by atoms with E-state index in [1.165, 1.54) is 21.5 Å². The van der Waals surface area contributed by atoms with Crippen LogP contribution >= 0.6 is 23.1 Å². The molecule has 0 spiro atoms. The Hall–Kier alpha value is -1.87. The molecule has 5 unspecified atom stereocenters. The second kappa shape index (κ2) is 9.32. The molecule has 1 fully saturated rings. The van der Waals surface area contributed by atoms with Crippen molar-refractivity contribution in [2.24, 2.45) is 0 Å². The monoisotopic (exact) mass is 457 g/mol. The number of nitrogens with two attached hydrogens (primary N) is 1. The molecule has 164 valence electrons. The first-order valence-corrected chi connectivity index (χ1v) is 12.2. The SMILES string of the molecule is CSC1OC(c2ccc(C)c(Cc3ccc(-c4cccc(N)c4)s3)c2)C(O)C(O)C1O. The zero-order chi connectivity index (χ0) is 22.1. The maximum atomic E-state index is 10.5. The summed E-state index contributed by atoms with van der Waals surface area (Å²) in [5, 5.41) is 30.9. The molecular weight excluding hydrogens is 430 g/mol. The lowest BCUT2D eigenvalue weighted by Gasteiger charge is -2.40. The molecule has 5 atom stereocenters. The smallest absolute Gasteiger partial charge is 0.132 e. The van der Waals surface area contributed by atoms with Gasteiger partial charge in [-0.1, -0.05) is 30.3 Å². The van der Waals surface area contributed by atoms with Gasteiger partial charge in [0.1, 0.15) is 29.9 Å². The second-order valence-electron chi connectivity index (χ2n) is 7.89. The molecule has 1 aliphatic rings. The summed E-state index contributed by atoms with van der Waals surface area (Å²) in [5.41, 5.74) is 10.3. The Morgan fingerprint density at radius 2 is 1.81 bits per heavy atom. The van der Waals surface area contributed by atoms with E-state index in [0.29, 0.717) is 0 Å². The van der Waals surface area contributed by atoms with Crippen LogP contribution in [0.4, 0.5) is 5.69 Å². The summed E-state index contributed by atoms with van der Waals surface area (Å²) in [6.45, 7) is 2.06. The Morgan fingerprint density at radius 3 is 2.55 bits per heavy atom. The molecule has 4 rings (SSSR count). The predicted molar refractivity (Wildman–Crippen MR) is 127 cm³/mol. The van der Waals surface area contributed by atoms with Crippen molar-refractivity contribution in [1.82, 2.24) is 0 Å². The Balaban J connectivity index is 1.58. The van der Waals surface area contributed by atoms with Gasteiger partial charge in [0, 0.05) is 21.9 Å². The number of aliphatic hydroxyl groups is 3. The number of hydrogen-bond acceptors (Lipinski definition) is 7. The molecule has 5 N–H and O–H groups in total. The molecule has 0 aliphatic carbocycles. The number of aryl methyl sites for hydroxylation is 1. The van der Waals surface area contributed by atoms with E-state index in [1.807, 2.05) is 42.7 Å². The number of hydrogen-bond donors (Lipinski definition) is 4. The molecule has 0 amide bonds. The van der Waals surface area contributed by atoms with E-state index in [1.54, 1.807) is 11.3 Å². The molecule has 7 heteroatoms. The number of aliphatic hydroxyl groups excluding tert-OH is 3. The Bertz CT molecular complexity index is 1050. The third-order valence-electron chi connectivity index (χ3n) is 5.70. The lowest BCUT2D eigenvalue weighted by Crippen LogP contribution is -2.52. The number of nitrogen functional groups attached to an aromatic ring is 1. The fourth-order valence-corrected chi connectivity index (χ4v) is 5.58. The predicted octanol–water partition coefficient (Wildman–Crippen LogP) is 3.74. The number of ether oxygens (including phenoxy) is 1. The van der Waals surface area contributed by atoms with Crippen LogP contribution in [0.25, 0.3) is 10.4 Å². The van der Waals surface area contributed by atoms with Gasteiger partial charge in [0.2, 0.25) is 0 Å². The van der Waals surface area contributed by atoms with E-state index < -0.39 is 29.9 Å². The molecule has 0 saturated carbocycles. The second-order valence-corrected chi connectivity index (χ2v) is 9.99. The number of thiophene rings is 1. The topological polar surface area (TPSA) is 95.9 Å². The molecule has 0 bridgehead atoms. The Morgan fingerprint density at radius 1 is 1.00 bits per heavy atom. The molecular formula is C24H27NO4S2. The lowest BCUT2D eigenvalue weighted by atomic mass is 9.92. The van der Waals surface area contributed by atoms with Crippen molar-refractivity contribution in [3.05, 3.63) is 76.2 Å². The summed E-state index contributed by atoms with van der Waals surface area (Å²) in [6, 6.07) is 18.1. The van der Waals surface area contributed by atoms with Crippen molar-refractivity contribution in [2.75, 3.05) is 12.0 Å². The van der Waals surface area contributed by atoms with Gasteiger partial charge in [0.05, 0.1) is 0 Å². The van der Waals surface area contributed by atoms with Crippen LogP contribution in [-0.2, 0) is 11.2 Å². The third kappa shape index (κ3) is 4.67. The van der Waals surface area contributed by atoms with Crippen LogP contribution in [-0.4, -0.2) is 45.3 Å². The highest BCUT2D eigenvalue weighted by molar-refractivity contribution is 7.99. The van der Waals surface area contributed by atoms with Crippen LogP contribution in [0.5, 0.6) is 0 Å². The van der Waals surface area contributed by atoms with Crippen molar-refractivity contribution in [3.8, 4) is 10.4 Å². The fraction of sp³-hybridized carbons (Fsp3) is 0.333. The minimum absolute atomic E-state index is 0.591. The number of rotatable bonds is 5. The van der Waals surface area contributed by atoms with Gasteiger partial charge in [-0.05, 0) is 59.7 Å². The van der Waals surface area contributed by atoms with Gasteiger partial charge in [-0.2, -0.15) is 0 Å². The zero-order valence-electron chi connectivity index (χ0n) is 17.4. The van der Waals surface area contributed by atoms with Gasteiger partial charge < -0.3 is 25.8 Å². The van der Waals surface area contributed by atoms with Crippen molar-refractivity contribution in [2.45, 2.75) is 43.2 Å². The number of thioether (sulfide) groups is 1. The van der Waals surface area contributed by atoms with Crippen molar-refractivity contribution in [3.63, 3.8) is 0 Å². The van der Waals surface area contributed by atoms with E-state index in [-0.39, 0.29) is 0 Å². The summed E-state index contributed by atoms with van der Waals surface area (Å²) >= 11 is 3.05. The van der Waals surface area contributed by atoms with Gasteiger partial charge in [-0.25, -0.2) is 0 Å². The summed E-state index contributed by atoms with van der Waals surface area (Å²) in [4.78, 5) is 2.39. The van der Waals surface area contributed by atoms with Crippen molar-refractivity contribution in [1.29, 1.82) is 0 Å². The Kier molecular flexibility index (Phi) is 6.71. The molecule has 2 aromatic carbocycles. The molecule has 5 nitrogen and oxygen atoms in total. The number of anilines is 1. The first kappa shape index (κ1) is 22.3. The first-order valence-electron chi connectivity index (χ1n) is 10.1. The Labute approximate surface area is 190 Å². The van der Waals surface area contributed by atoms with Gasteiger partial charge in [-0.15, -0.1) is 23.1 Å². The van der Waals surface area contributed by atoms with E-state index in [2.05, 4.69) is 25.1 Å². The average molecular weight is 458 g/mol. The maximum absolute atomic E-state index is 10.5. The van der Waals surface area contributed by atoms with Crippen LogP contribution in [0.3, 0.4) is 0 Å². The molecule has 1 aliphatic heterocycles. The van der Waals surface area contributed by atoms with E-state index in [4.69, 9.17) is 10.5 Å². The normalized spacial score (nSPS) is 26.2. The minimum Gasteiger partial charge on any atom is -0.399 e. The van der Waals surface area contributed by atoms with Gasteiger partial charge in [0.25, 0.3) is 0 Å². The van der Waals surface area contributed by atoms with Crippen molar-refractivity contribution >= 4 is 28.8 Å². The number of benzene rings is 2. The van der Waals surface area contributed by atoms with Crippen LogP contribution in [0, 0.1) is 6.92 Å². The lowest BCUT2D eigenvalue weighted by molar-refractivity contribution is -0.200. The minimum atomic E-state index is -1.25. The summed E-state index contributed by atoms with van der Waals surface area (Å²) in [7, 11) is 0. The molecule has 1 saturated heterocycles. The summed E-state index contributed by atoms with van der Waals surface area (Å²) < 4.78 is 5.93. The maximum Gasteiger partial charge on any atom is 0.132 e. The zero-order valence-corrected chi connectivity index (χ0v) is 19.1. The molecule has 2 heterocycles. The van der Waals surface area contributed by atoms with Gasteiger partial charge >= 0.3 is 0 Å². The van der Waals surface area contributed by atoms with Crippen LogP contribution in [0.15, 0.2) is 54.6 Å². The summed E-state index contributed by atoms with van der Waals surface area (Å²) in [6.07, 6.45) is -1.69. The van der Waals surface area contributed by atoms with E-state index in [9.17, 15) is 15.3 Å². The third-order valence-corrected chi connectivity index (χ3v) is 7.69. The molecule has 1 aromatic heterocycles. The van der Waals surface area contributed by atoms with Crippen molar-refractivity contribution < 1.29 is 20.1 Å². The average Bonchev–Trinajstić information content (AvgIpc) is 3.23. The highest BCUT2D eigenvalue weighted by Crippen LogP contribution is 2.37. The molecule has 0 radical (unpaired) electrons. The van der Waals surface area contributed by atoms with E-state index >= 15 is 0 Å². The first-order chi connectivity index (χ1) is 14.9. The van der Waals surface area contributed by atoms with Gasteiger partial charge in [-0.3, -0.25) is 0 Å². The van der Waals surface area contributed by atoms with Crippen LogP contribution in [0.2, 0.25) is 0 Å². The quantitative estimate of drug-likeness (QED) is 0.436.